The summed E-state index contributed by atoms with van der Waals surface area (Å²) in [6.45, 7) is 0. The number of aromatic nitrogens is 3. The van der Waals surface area contributed by atoms with Gasteiger partial charge < -0.3 is 4.98 Å². The molecule has 1 N–H and O–H groups in total. The SMILES string of the molecule is O=c1[nH]c(-c2ccncc2)nc2ccc(-c3ccccc3)cc12. The largest absolute Gasteiger partial charge is 0.306 e. The summed E-state index contributed by atoms with van der Waals surface area (Å²) in [5.41, 5.74) is 3.46. The van der Waals surface area contributed by atoms with E-state index in [4.69, 9.17) is 0 Å². The van der Waals surface area contributed by atoms with Crippen molar-refractivity contribution in [2.45, 2.75) is 0 Å². The van der Waals surface area contributed by atoms with Gasteiger partial charge in [-0.05, 0) is 35.4 Å². The number of pyridine rings is 1. The Labute approximate surface area is 132 Å². The van der Waals surface area contributed by atoms with E-state index < -0.39 is 0 Å². The number of benzene rings is 2. The van der Waals surface area contributed by atoms with Gasteiger partial charge in [0.2, 0.25) is 0 Å². The molecule has 4 heteroatoms. The van der Waals surface area contributed by atoms with Gasteiger partial charge in [0.05, 0.1) is 10.9 Å². The molecule has 0 unspecified atom stereocenters. The van der Waals surface area contributed by atoms with Crippen LogP contribution in [0, 0.1) is 0 Å². The number of hydrogen-bond donors (Lipinski definition) is 1. The van der Waals surface area contributed by atoms with Gasteiger partial charge in [-0.1, -0.05) is 36.4 Å². The Morgan fingerprint density at radius 1 is 0.783 bits per heavy atom. The Kier molecular flexibility index (Phi) is 3.20. The van der Waals surface area contributed by atoms with Crippen molar-refractivity contribution in [1.29, 1.82) is 0 Å². The van der Waals surface area contributed by atoms with Crippen LogP contribution in [-0.4, -0.2) is 15.0 Å². The topological polar surface area (TPSA) is 58.6 Å². The van der Waals surface area contributed by atoms with Crippen LogP contribution < -0.4 is 5.56 Å². The first-order valence-corrected chi connectivity index (χ1v) is 7.31. The van der Waals surface area contributed by atoms with Crippen LogP contribution in [0.3, 0.4) is 0 Å². The van der Waals surface area contributed by atoms with Crippen molar-refractivity contribution >= 4 is 10.9 Å². The first-order valence-electron chi connectivity index (χ1n) is 7.31. The van der Waals surface area contributed by atoms with Crippen molar-refractivity contribution in [3.8, 4) is 22.5 Å². The molecule has 23 heavy (non-hydrogen) atoms. The minimum Gasteiger partial charge on any atom is -0.306 e. The van der Waals surface area contributed by atoms with E-state index in [9.17, 15) is 4.79 Å². The smallest absolute Gasteiger partial charge is 0.259 e. The lowest BCUT2D eigenvalue weighted by Gasteiger charge is -2.05. The zero-order chi connectivity index (χ0) is 15.6. The molecule has 4 rings (SSSR count). The first-order chi connectivity index (χ1) is 11.3. The molecule has 0 fully saturated rings. The zero-order valence-electron chi connectivity index (χ0n) is 12.2. The minimum atomic E-state index is -0.139. The predicted molar refractivity (Wildman–Crippen MR) is 91.0 cm³/mol. The highest BCUT2D eigenvalue weighted by Gasteiger charge is 2.07. The van der Waals surface area contributed by atoms with Crippen LogP contribution in [-0.2, 0) is 0 Å². The van der Waals surface area contributed by atoms with E-state index in [2.05, 4.69) is 15.0 Å². The Balaban J connectivity index is 1.88. The molecule has 0 amide bonds. The summed E-state index contributed by atoms with van der Waals surface area (Å²) in [5, 5.41) is 0.587. The molecule has 2 heterocycles. The van der Waals surface area contributed by atoms with Gasteiger partial charge >= 0.3 is 0 Å². The maximum absolute atomic E-state index is 12.4. The van der Waals surface area contributed by atoms with Gasteiger partial charge in [-0.15, -0.1) is 0 Å². The summed E-state index contributed by atoms with van der Waals surface area (Å²) in [5.74, 6) is 0.553. The standard InChI is InChI=1S/C19H13N3O/c23-19-16-12-15(13-4-2-1-3-5-13)6-7-17(16)21-18(22-19)14-8-10-20-11-9-14/h1-12H,(H,21,22,23). The Morgan fingerprint density at radius 2 is 1.57 bits per heavy atom. The molecule has 0 aliphatic heterocycles. The maximum Gasteiger partial charge on any atom is 0.259 e. The normalized spacial score (nSPS) is 10.8. The Morgan fingerprint density at radius 3 is 2.35 bits per heavy atom. The maximum atomic E-state index is 12.4. The fourth-order valence-corrected chi connectivity index (χ4v) is 2.60. The molecular formula is C19H13N3O. The number of nitrogens with zero attached hydrogens (tertiary/aromatic N) is 2. The number of nitrogens with one attached hydrogen (secondary N) is 1. The molecule has 0 radical (unpaired) electrons. The summed E-state index contributed by atoms with van der Waals surface area (Å²) >= 11 is 0. The van der Waals surface area contributed by atoms with Crippen molar-refractivity contribution in [3.05, 3.63) is 83.4 Å². The highest BCUT2D eigenvalue weighted by molar-refractivity contribution is 5.84. The second-order valence-electron chi connectivity index (χ2n) is 5.25. The van der Waals surface area contributed by atoms with E-state index in [1.807, 2.05) is 60.7 Å². The molecule has 0 aliphatic rings. The molecule has 0 aliphatic carbocycles. The lowest BCUT2D eigenvalue weighted by molar-refractivity contribution is 1.17. The molecule has 4 aromatic rings. The van der Waals surface area contributed by atoms with Crippen LogP contribution >= 0.6 is 0 Å². The second-order valence-corrected chi connectivity index (χ2v) is 5.25. The highest BCUT2D eigenvalue weighted by atomic mass is 16.1. The third-order valence-electron chi connectivity index (χ3n) is 3.77. The Hall–Kier alpha value is -3.27. The van der Waals surface area contributed by atoms with Crippen molar-refractivity contribution < 1.29 is 0 Å². The van der Waals surface area contributed by atoms with E-state index in [1.54, 1.807) is 12.4 Å². The van der Waals surface area contributed by atoms with Gasteiger partial charge in [-0.3, -0.25) is 9.78 Å². The summed E-state index contributed by atoms with van der Waals surface area (Å²) < 4.78 is 0. The monoisotopic (exact) mass is 299 g/mol. The molecule has 110 valence electrons. The van der Waals surface area contributed by atoms with E-state index in [0.717, 1.165) is 16.7 Å². The van der Waals surface area contributed by atoms with Gasteiger partial charge in [-0.2, -0.15) is 0 Å². The summed E-state index contributed by atoms with van der Waals surface area (Å²) in [7, 11) is 0. The fraction of sp³-hybridized carbons (Fsp3) is 0. The lowest BCUT2D eigenvalue weighted by atomic mass is 10.0. The fourth-order valence-electron chi connectivity index (χ4n) is 2.60. The van der Waals surface area contributed by atoms with Gasteiger partial charge in [0.15, 0.2) is 0 Å². The number of fused-ring (bicyclic) bond motifs is 1. The van der Waals surface area contributed by atoms with Gasteiger partial charge in [0, 0.05) is 18.0 Å². The summed E-state index contributed by atoms with van der Waals surface area (Å²) in [4.78, 5) is 23.8. The van der Waals surface area contributed by atoms with Crippen molar-refractivity contribution in [2.24, 2.45) is 0 Å². The van der Waals surface area contributed by atoms with Gasteiger partial charge in [0.25, 0.3) is 5.56 Å². The van der Waals surface area contributed by atoms with Gasteiger partial charge in [-0.25, -0.2) is 4.98 Å². The van der Waals surface area contributed by atoms with Crippen LogP contribution in [0.15, 0.2) is 77.9 Å². The molecule has 0 saturated heterocycles. The van der Waals surface area contributed by atoms with Crippen LogP contribution in [0.4, 0.5) is 0 Å². The molecule has 0 spiro atoms. The number of rotatable bonds is 2. The Bertz CT molecular complexity index is 1020. The lowest BCUT2D eigenvalue weighted by Crippen LogP contribution is -2.09. The highest BCUT2D eigenvalue weighted by Crippen LogP contribution is 2.23. The summed E-state index contributed by atoms with van der Waals surface area (Å²) in [6.07, 6.45) is 3.36. The van der Waals surface area contributed by atoms with Crippen LogP contribution in [0.25, 0.3) is 33.4 Å². The quantitative estimate of drug-likeness (QED) is 0.614. The van der Waals surface area contributed by atoms with Gasteiger partial charge in [0.1, 0.15) is 5.82 Å². The summed E-state index contributed by atoms with van der Waals surface area (Å²) in [6, 6.07) is 19.4. The molecule has 4 nitrogen and oxygen atoms in total. The third kappa shape index (κ3) is 2.51. The number of H-pyrrole nitrogens is 1. The predicted octanol–water partition coefficient (Wildman–Crippen LogP) is 3.65. The average molecular weight is 299 g/mol. The average Bonchev–Trinajstić information content (AvgIpc) is 2.63. The van der Waals surface area contributed by atoms with Crippen LogP contribution in [0.1, 0.15) is 0 Å². The minimum absolute atomic E-state index is 0.139. The molecule has 0 atom stereocenters. The van der Waals surface area contributed by atoms with E-state index in [1.165, 1.54) is 0 Å². The first kappa shape index (κ1) is 13.4. The van der Waals surface area contributed by atoms with Crippen LogP contribution in [0.5, 0.6) is 0 Å². The number of hydrogen-bond acceptors (Lipinski definition) is 3. The van der Waals surface area contributed by atoms with Crippen molar-refractivity contribution in [3.63, 3.8) is 0 Å². The third-order valence-corrected chi connectivity index (χ3v) is 3.77. The van der Waals surface area contributed by atoms with Crippen LogP contribution in [0.2, 0.25) is 0 Å². The molecule has 2 aromatic heterocycles. The molecule has 0 saturated carbocycles. The number of aromatic amines is 1. The van der Waals surface area contributed by atoms with E-state index in [0.29, 0.717) is 16.7 Å². The van der Waals surface area contributed by atoms with Crippen molar-refractivity contribution in [1.82, 2.24) is 15.0 Å². The molecule has 0 bridgehead atoms. The van der Waals surface area contributed by atoms with E-state index in [-0.39, 0.29) is 5.56 Å². The molecular weight excluding hydrogens is 286 g/mol. The van der Waals surface area contributed by atoms with Crippen molar-refractivity contribution in [2.75, 3.05) is 0 Å². The molecule has 2 aromatic carbocycles. The van der Waals surface area contributed by atoms with E-state index >= 15 is 0 Å². The second kappa shape index (κ2) is 5.50. The zero-order valence-corrected chi connectivity index (χ0v) is 12.2.